The summed E-state index contributed by atoms with van der Waals surface area (Å²) in [5.41, 5.74) is 9.08. The number of methoxy groups -OCH3 is 1. The Kier molecular flexibility index (Phi) is 5.55. The summed E-state index contributed by atoms with van der Waals surface area (Å²) >= 11 is 0. The van der Waals surface area contributed by atoms with Crippen molar-refractivity contribution in [2.24, 2.45) is 5.73 Å². The van der Waals surface area contributed by atoms with Crippen LogP contribution in [0.5, 0.6) is 5.75 Å². The lowest BCUT2D eigenvalue weighted by Crippen LogP contribution is -2.34. The van der Waals surface area contributed by atoms with Gasteiger partial charge in [-0.1, -0.05) is 36.4 Å². The van der Waals surface area contributed by atoms with Gasteiger partial charge in [-0.25, -0.2) is 0 Å². The van der Waals surface area contributed by atoms with E-state index >= 15 is 0 Å². The quantitative estimate of drug-likeness (QED) is 0.833. The summed E-state index contributed by atoms with van der Waals surface area (Å²) in [6.45, 7) is 2.11. The summed E-state index contributed by atoms with van der Waals surface area (Å²) in [6, 6.07) is 15.1. The fourth-order valence-electron chi connectivity index (χ4n) is 2.32. The van der Waals surface area contributed by atoms with E-state index in [0.29, 0.717) is 13.0 Å². The van der Waals surface area contributed by atoms with Crippen molar-refractivity contribution in [1.29, 1.82) is 0 Å². The molecule has 0 spiro atoms. The first kappa shape index (κ1) is 16.0. The smallest absolute Gasteiger partial charge is 0.323 e. The highest BCUT2D eigenvalue weighted by Crippen LogP contribution is 2.26. The Morgan fingerprint density at radius 3 is 2.45 bits per heavy atom. The van der Waals surface area contributed by atoms with E-state index in [1.807, 2.05) is 48.5 Å². The molecule has 1 unspecified atom stereocenters. The van der Waals surface area contributed by atoms with Gasteiger partial charge >= 0.3 is 5.97 Å². The second-order valence-corrected chi connectivity index (χ2v) is 4.95. The van der Waals surface area contributed by atoms with Crippen molar-refractivity contribution in [3.05, 3.63) is 54.1 Å². The summed E-state index contributed by atoms with van der Waals surface area (Å²) < 4.78 is 10.1. The Morgan fingerprint density at radius 2 is 1.82 bits per heavy atom. The summed E-state index contributed by atoms with van der Waals surface area (Å²) in [5, 5.41) is 0. The summed E-state index contributed by atoms with van der Waals surface area (Å²) in [6.07, 6.45) is 0.445. The summed E-state index contributed by atoms with van der Waals surface area (Å²) in [4.78, 5) is 11.7. The van der Waals surface area contributed by atoms with E-state index in [1.165, 1.54) is 0 Å². The van der Waals surface area contributed by atoms with Crippen molar-refractivity contribution in [2.75, 3.05) is 13.7 Å². The summed E-state index contributed by atoms with van der Waals surface area (Å²) in [7, 11) is 1.64. The van der Waals surface area contributed by atoms with Gasteiger partial charge in [0.05, 0.1) is 13.7 Å². The predicted octanol–water partition coefficient (Wildman–Crippen LogP) is 2.80. The van der Waals surface area contributed by atoms with Crippen molar-refractivity contribution in [1.82, 2.24) is 0 Å². The van der Waals surface area contributed by atoms with Gasteiger partial charge in [0.15, 0.2) is 0 Å². The van der Waals surface area contributed by atoms with E-state index < -0.39 is 6.04 Å². The molecule has 22 heavy (non-hydrogen) atoms. The largest absolute Gasteiger partial charge is 0.497 e. The van der Waals surface area contributed by atoms with Crippen molar-refractivity contribution >= 4 is 5.97 Å². The van der Waals surface area contributed by atoms with Crippen LogP contribution in [-0.4, -0.2) is 25.7 Å². The lowest BCUT2D eigenvalue weighted by atomic mass is 9.95. The number of nitrogens with two attached hydrogens (primary N) is 1. The maximum Gasteiger partial charge on any atom is 0.323 e. The third-order valence-corrected chi connectivity index (χ3v) is 3.45. The second-order valence-electron chi connectivity index (χ2n) is 4.95. The highest BCUT2D eigenvalue weighted by Gasteiger charge is 2.17. The van der Waals surface area contributed by atoms with Gasteiger partial charge in [-0.3, -0.25) is 4.79 Å². The molecule has 116 valence electrons. The van der Waals surface area contributed by atoms with Crippen LogP contribution in [-0.2, 0) is 16.0 Å². The molecule has 0 radical (unpaired) electrons. The fraction of sp³-hybridized carbons (Fsp3) is 0.278. The Morgan fingerprint density at radius 1 is 1.14 bits per heavy atom. The molecule has 0 bridgehead atoms. The molecule has 4 nitrogen and oxygen atoms in total. The molecule has 0 heterocycles. The van der Waals surface area contributed by atoms with Gasteiger partial charge in [0.2, 0.25) is 0 Å². The average Bonchev–Trinajstić information content (AvgIpc) is 2.55. The molecule has 0 aromatic heterocycles. The topological polar surface area (TPSA) is 61.5 Å². The van der Waals surface area contributed by atoms with Crippen LogP contribution in [0.25, 0.3) is 11.1 Å². The molecule has 0 fully saturated rings. The minimum Gasteiger partial charge on any atom is -0.497 e. The van der Waals surface area contributed by atoms with E-state index in [4.69, 9.17) is 15.2 Å². The molecule has 0 aliphatic rings. The number of benzene rings is 2. The van der Waals surface area contributed by atoms with Crippen LogP contribution in [0, 0.1) is 0 Å². The van der Waals surface area contributed by atoms with Gasteiger partial charge in [0.1, 0.15) is 11.8 Å². The molecule has 1 atom stereocenters. The van der Waals surface area contributed by atoms with Gasteiger partial charge in [-0.15, -0.1) is 0 Å². The maximum atomic E-state index is 11.7. The molecule has 0 saturated heterocycles. The molecular formula is C18H21NO3. The van der Waals surface area contributed by atoms with Gasteiger partial charge < -0.3 is 15.2 Å². The number of hydrogen-bond acceptors (Lipinski definition) is 4. The van der Waals surface area contributed by atoms with E-state index in [9.17, 15) is 4.79 Å². The van der Waals surface area contributed by atoms with Crippen LogP contribution in [0.4, 0.5) is 0 Å². The van der Waals surface area contributed by atoms with Gasteiger partial charge in [0, 0.05) is 0 Å². The monoisotopic (exact) mass is 299 g/mol. The first-order valence-electron chi connectivity index (χ1n) is 7.30. The third-order valence-electron chi connectivity index (χ3n) is 3.45. The fourth-order valence-corrected chi connectivity index (χ4v) is 2.32. The third kappa shape index (κ3) is 3.86. The highest BCUT2D eigenvalue weighted by molar-refractivity contribution is 5.77. The first-order chi connectivity index (χ1) is 10.7. The van der Waals surface area contributed by atoms with Crippen LogP contribution in [0.2, 0.25) is 0 Å². The molecule has 0 saturated carbocycles. The van der Waals surface area contributed by atoms with Crippen molar-refractivity contribution < 1.29 is 14.3 Å². The van der Waals surface area contributed by atoms with Crippen LogP contribution < -0.4 is 10.5 Å². The molecule has 2 N–H and O–H groups in total. The SMILES string of the molecule is CCOC(=O)C(N)Cc1ccccc1-c1ccc(OC)cc1. The van der Waals surface area contributed by atoms with Crippen molar-refractivity contribution in [2.45, 2.75) is 19.4 Å². The number of carbonyl (C=O) groups excluding carboxylic acids is 1. The molecule has 0 aliphatic heterocycles. The number of hydrogen-bond donors (Lipinski definition) is 1. The van der Waals surface area contributed by atoms with Crippen LogP contribution in [0.3, 0.4) is 0 Å². The molecule has 4 heteroatoms. The lowest BCUT2D eigenvalue weighted by molar-refractivity contribution is -0.144. The number of ether oxygens (including phenoxy) is 2. The van der Waals surface area contributed by atoms with E-state index in [2.05, 4.69) is 0 Å². The molecule has 2 aromatic carbocycles. The Balaban J connectivity index is 2.24. The Labute approximate surface area is 130 Å². The number of esters is 1. The van der Waals surface area contributed by atoms with Crippen molar-refractivity contribution in [3.8, 4) is 16.9 Å². The number of carbonyl (C=O) groups is 1. The average molecular weight is 299 g/mol. The van der Waals surface area contributed by atoms with E-state index in [-0.39, 0.29) is 5.97 Å². The zero-order chi connectivity index (χ0) is 15.9. The maximum absolute atomic E-state index is 11.7. The molecule has 2 aromatic rings. The summed E-state index contributed by atoms with van der Waals surface area (Å²) in [5.74, 6) is 0.441. The van der Waals surface area contributed by atoms with Crippen LogP contribution >= 0.6 is 0 Å². The second kappa shape index (κ2) is 7.61. The normalized spacial score (nSPS) is 11.8. The van der Waals surface area contributed by atoms with Crippen LogP contribution in [0.1, 0.15) is 12.5 Å². The van der Waals surface area contributed by atoms with Gasteiger partial charge in [0.25, 0.3) is 0 Å². The Hall–Kier alpha value is -2.33. The van der Waals surface area contributed by atoms with Crippen molar-refractivity contribution in [3.63, 3.8) is 0 Å². The number of rotatable bonds is 6. The molecule has 0 aliphatic carbocycles. The zero-order valence-corrected chi connectivity index (χ0v) is 12.9. The molecule has 2 rings (SSSR count). The van der Waals surface area contributed by atoms with Crippen LogP contribution in [0.15, 0.2) is 48.5 Å². The van der Waals surface area contributed by atoms with Gasteiger partial charge in [-0.05, 0) is 42.2 Å². The zero-order valence-electron chi connectivity index (χ0n) is 12.9. The minimum atomic E-state index is -0.653. The van der Waals surface area contributed by atoms with Gasteiger partial charge in [-0.2, -0.15) is 0 Å². The van der Waals surface area contributed by atoms with E-state index in [0.717, 1.165) is 22.4 Å². The highest BCUT2D eigenvalue weighted by atomic mass is 16.5. The minimum absolute atomic E-state index is 0.340. The lowest BCUT2D eigenvalue weighted by Gasteiger charge is -2.14. The predicted molar refractivity (Wildman–Crippen MR) is 86.7 cm³/mol. The molecule has 0 amide bonds. The van der Waals surface area contributed by atoms with E-state index in [1.54, 1.807) is 14.0 Å². The Bertz CT molecular complexity index is 622. The standard InChI is InChI=1S/C18H21NO3/c1-3-22-18(20)17(19)12-14-6-4-5-7-16(14)13-8-10-15(21-2)11-9-13/h4-11,17H,3,12,19H2,1-2H3. The molecular weight excluding hydrogens is 278 g/mol. The first-order valence-corrected chi connectivity index (χ1v) is 7.30.